The third-order valence-corrected chi connectivity index (χ3v) is 3.16. The lowest BCUT2D eigenvalue weighted by atomic mass is 10.2. The van der Waals surface area contributed by atoms with Gasteiger partial charge in [0.1, 0.15) is 0 Å². The van der Waals surface area contributed by atoms with E-state index in [4.69, 9.17) is 0 Å². The Morgan fingerprint density at radius 1 is 1.19 bits per heavy atom. The molecule has 84 valence electrons. The molecule has 0 aromatic heterocycles. The topological polar surface area (TPSA) is 41.1 Å². The summed E-state index contributed by atoms with van der Waals surface area (Å²) in [6, 6.07) is 7.85. The van der Waals surface area contributed by atoms with E-state index in [1.807, 2.05) is 24.3 Å². The van der Waals surface area contributed by atoms with Crippen LogP contribution in [0.25, 0.3) is 0 Å². The van der Waals surface area contributed by atoms with Crippen molar-refractivity contribution in [3.63, 3.8) is 0 Å². The molecule has 0 bridgehead atoms. The van der Waals surface area contributed by atoms with E-state index >= 15 is 0 Å². The molecule has 0 fully saturated rings. The van der Waals surface area contributed by atoms with Crippen molar-refractivity contribution in [2.24, 2.45) is 0 Å². The van der Waals surface area contributed by atoms with Crippen molar-refractivity contribution in [2.45, 2.75) is 18.9 Å². The maximum absolute atomic E-state index is 11.6. The third-order valence-electron chi connectivity index (χ3n) is 2.45. The fourth-order valence-electron chi connectivity index (χ4n) is 1.62. The first kappa shape index (κ1) is 11.4. The van der Waals surface area contributed by atoms with Gasteiger partial charge < -0.3 is 10.6 Å². The first-order valence-corrected chi connectivity index (χ1v) is 6.30. The van der Waals surface area contributed by atoms with E-state index in [2.05, 4.69) is 45.4 Å². The first-order valence-electron chi connectivity index (χ1n) is 5.22. The van der Waals surface area contributed by atoms with E-state index < -0.39 is 0 Å². The molecule has 3 nitrogen and oxygen atoms in total. The molecule has 1 aliphatic carbocycles. The lowest BCUT2D eigenvalue weighted by molar-refractivity contribution is 0.249. The molecule has 0 atom stereocenters. The lowest BCUT2D eigenvalue weighted by Crippen LogP contribution is -2.36. The summed E-state index contributed by atoms with van der Waals surface area (Å²) in [6.07, 6.45) is 6.05. The number of carbonyl (C=O) groups excluding carboxylic acids is 1. The summed E-state index contributed by atoms with van der Waals surface area (Å²) >= 11 is 2.23. The summed E-state index contributed by atoms with van der Waals surface area (Å²) in [5, 5.41) is 5.74. The highest BCUT2D eigenvalue weighted by Crippen LogP contribution is 2.12. The first-order chi connectivity index (χ1) is 7.74. The van der Waals surface area contributed by atoms with Crippen molar-refractivity contribution in [3.8, 4) is 0 Å². The van der Waals surface area contributed by atoms with Crippen molar-refractivity contribution in [1.82, 2.24) is 5.32 Å². The second-order valence-corrected chi connectivity index (χ2v) is 4.99. The molecule has 1 aromatic carbocycles. The van der Waals surface area contributed by atoms with Gasteiger partial charge in [-0.25, -0.2) is 4.79 Å². The van der Waals surface area contributed by atoms with Gasteiger partial charge in [0, 0.05) is 15.3 Å². The van der Waals surface area contributed by atoms with Gasteiger partial charge in [0.25, 0.3) is 0 Å². The molecule has 2 rings (SSSR count). The van der Waals surface area contributed by atoms with E-state index in [9.17, 15) is 4.79 Å². The Morgan fingerprint density at radius 2 is 1.81 bits per heavy atom. The Hall–Kier alpha value is -1.04. The molecule has 0 unspecified atom stereocenters. The van der Waals surface area contributed by atoms with Crippen LogP contribution in [-0.2, 0) is 0 Å². The predicted octanol–water partition coefficient (Wildman–Crippen LogP) is 3.13. The summed E-state index contributed by atoms with van der Waals surface area (Å²) in [5.41, 5.74) is 0.823. The number of halogens is 1. The van der Waals surface area contributed by atoms with Crippen LogP contribution in [0.2, 0.25) is 0 Å². The van der Waals surface area contributed by atoms with Gasteiger partial charge >= 0.3 is 6.03 Å². The Bertz CT molecular complexity index is 392. The molecular weight excluding hydrogens is 315 g/mol. The smallest absolute Gasteiger partial charge is 0.319 e. The van der Waals surface area contributed by atoms with Gasteiger partial charge in [-0.05, 0) is 59.7 Å². The highest BCUT2D eigenvalue weighted by Gasteiger charge is 2.12. The van der Waals surface area contributed by atoms with Crippen molar-refractivity contribution >= 4 is 34.3 Å². The van der Waals surface area contributed by atoms with Crippen LogP contribution in [0, 0.1) is 3.57 Å². The molecule has 0 radical (unpaired) electrons. The van der Waals surface area contributed by atoms with E-state index in [1.165, 1.54) is 0 Å². The molecule has 2 N–H and O–H groups in total. The lowest BCUT2D eigenvalue weighted by Gasteiger charge is -2.12. The zero-order valence-corrected chi connectivity index (χ0v) is 10.9. The average Bonchev–Trinajstić information content (AvgIpc) is 2.74. The van der Waals surface area contributed by atoms with Gasteiger partial charge in [0.2, 0.25) is 0 Å². The fraction of sp³-hybridized carbons (Fsp3) is 0.250. The number of carbonyl (C=O) groups is 1. The molecular formula is C12H13IN2O. The van der Waals surface area contributed by atoms with Crippen molar-refractivity contribution in [1.29, 1.82) is 0 Å². The number of rotatable bonds is 2. The normalized spacial score (nSPS) is 15.1. The molecule has 0 heterocycles. The van der Waals surface area contributed by atoms with Gasteiger partial charge in [-0.2, -0.15) is 0 Å². The van der Waals surface area contributed by atoms with E-state index in [0.29, 0.717) is 0 Å². The Labute approximate surface area is 108 Å². The largest absolute Gasteiger partial charge is 0.335 e. The van der Waals surface area contributed by atoms with E-state index in [0.717, 1.165) is 22.1 Å². The fourth-order valence-corrected chi connectivity index (χ4v) is 1.98. The quantitative estimate of drug-likeness (QED) is 0.636. The molecule has 16 heavy (non-hydrogen) atoms. The van der Waals surface area contributed by atoms with Crippen molar-refractivity contribution in [3.05, 3.63) is 40.0 Å². The van der Waals surface area contributed by atoms with Crippen LogP contribution in [0.4, 0.5) is 10.5 Å². The van der Waals surface area contributed by atoms with Gasteiger partial charge in [0.05, 0.1) is 0 Å². The van der Waals surface area contributed by atoms with Crippen molar-refractivity contribution < 1.29 is 4.79 Å². The van der Waals surface area contributed by atoms with Crippen LogP contribution < -0.4 is 10.6 Å². The maximum Gasteiger partial charge on any atom is 0.319 e. The molecule has 4 heteroatoms. The Kier molecular flexibility index (Phi) is 3.82. The summed E-state index contributed by atoms with van der Waals surface area (Å²) in [5.74, 6) is 0. The van der Waals surface area contributed by atoms with E-state index in [1.54, 1.807) is 0 Å². The minimum Gasteiger partial charge on any atom is -0.335 e. The molecule has 0 spiro atoms. The summed E-state index contributed by atoms with van der Waals surface area (Å²) < 4.78 is 1.16. The maximum atomic E-state index is 11.6. The third kappa shape index (κ3) is 3.23. The highest BCUT2D eigenvalue weighted by molar-refractivity contribution is 14.1. The van der Waals surface area contributed by atoms with Gasteiger partial charge in [0.15, 0.2) is 0 Å². The number of hydrogen-bond donors (Lipinski definition) is 2. The molecule has 1 aromatic rings. The average molecular weight is 328 g/mol. The summed E-state index contributed by atoms with van der Waals surface area (Å²) in [6.45, 7) is 0. The van der Waals surface area contributed by atoms with Gasteiger partial charge in [-0.1, -0.05) is 12.2 Å². The SMILES string of the molecule is O=C(Nc1ccc(I)cc1)NC1CC=CC1. The van der Waals surface area contributed by atoms with Crippen LogP contribution in [0.5, 0.6) is 0 Å². The zero-order valence-electron chi connectivity index (χ0n) is 8.74. The number of hydrogen-bond acceptors (Lipinski definition) is 1. The standard InChI is InChI=1S/C12H13IN2O/c13-9-5-7-11(8-6-9)15-12(16)14-10-3-1-2-4-10/h1-2,5-8,10H,3-4H2,(H2,14,15,16). The number of anilines is 1. The van der Waals surface area contributed by atoms with Crippen molar-refractivity contribution in [2.75, 3.05) is 5.32 Å². The van der Waals surface area contributed by atoms with Gasteiger partial charge in [-0.15, -0.1) is 0 Å². The van der Waals surface area contributed by atoms with Crippen LogP contribution >= 0.6 is 22.6 Å². The zero-order chi connectivity index (χ0) is 11.4. The minimum absolute atomic E-state index is 0.130. The number of urea groups is 1. The highest BCUT2D eigenvalue weighted by atomic mass is 127. The molecule has 0 saturated heterocycles. The molecule has 0 aliphatic heterocycles. The second-order valence-electron chi connectivity index (χ2n) is 3.75. The van der Waals surface area contributed by atoms with Crippen LogP contribution in [0.3, 0.4) is 0 Å². The minimum atomic E-state index is -0.130. The van der Waals surface area contributed by atoms with Gasteiger partial charge in [-0.3, -0.25) is 0 Å². The summed E-state index contributed by atoms with van der Waals surface area (Å²) in [7, 11) is 0. The number of benzene rings is 1. The molecule has 0 saturated carbocycles. The Morgan fingerprint density at radius 3 is 2.44 bits per heavy atom. The van der Waals surface area contributed by atoms with Crippen LogP contribution in [0.15, 0.2) is 36.4 Å². The number of nitrogens with one attached hydrogen (secondary N) is 2. The molecule has 2 amide bonds. The predicted molar refractivity (Wildman–Crippen MR) is 73.5 cm³/mol. The molecule has 1 aliphatic rings. The van der Waals surface area contributed by atoms with E-state index in [-0.39, 0.29) is 12.1 Å². The Balaban J connectivity index is 1.84. The van der Waals surface area contributed by atoms with Crippen LogP contribution in [0.1, 0.15) is 12.8 Å². The number of amides is 2. The summed E-state index contributed by atoms with van der Waals surface area (Å²) in [4.78, 5) is 11.6. The monoisotopic (exact) mass is 328 g/mol. The van der Waals surface area contributed by atoms with Crippen LogP contribution in [-0.4, -0.2) is 12.1 Å². The second kappa shape index (κ2) is 5.34.